The Bertz CT molecular complexity index is 906. The second-order valence-corrected chi connectivity index (χ2v) is 5.77. The number of ether oxygens (including phenoxy) is 1. The zero-order chi connectivity index (χ0) is 16.6. The summed E-state index contributed by atoms with van der Waals surface area (Å²) < 4.78 is 6.76. The Morgan fingerprint density at radius 3 is 2.74 bits per heavy atom. The number of carbonyl (C=O) groups is 1. The number of halogens is 2. The number of nitrogens with zero attached hydrogens (tertiary/aromatic N) is 2. The van der Waals surface area contributed by atoms with Crippen molar-refractivity contribution in [3.05, 3.63) is 58.0 Å². The molecule has 2 aromatic heterocycles. The summed E-state index contributed by atoms with van der Waals surface area (Å²) in [6.07, 6.45) is 1.66. The van der Waals surface area contributed by atoms with Crippen molar-refractivity contribution in [3.63, 3.8) is 0 Å². The molecule has 7 heteroatoms. The van der Waals surface area contributed by atoms with Gasteiger partial charge in [-0.05, 0) is 37.3 Å². The van der Waals surface area contributed by atoms with Gasteiger partial charge in [0.2, 0.25) is 0 Å². The third-order valence-corrected chi connectivity index (χ3v) is 3.90. The monoisotopic (exact) mass is 349 g/mol. The molecule has 1 amide bonds. The molecule has 0 saturated carbocycles. The van der Waals surface area contributed by atoms with Crippen LogP contribution in [0, 0.1) is 6.92 Å². The summed E-state index contributed by atoms with van der Waals surface area (Å²) in [6.45, 7) is 1.77. The normalized spacial score (nSPS) is 10.8. The smallest absolute Gasteiger partial charge is 0.274 e. The maximum Gasteiger partial charge on any atom is 0.274 e. The number of anilines is 1. The fourth-order valence-corrected chi connectivity index (χ4v) is 2.76. The van der Waals surface area contributed by atoms with Gasteiger partial charge in [-0.25, -0.2) is 4.98 Å². The number of hydrogen-bond acceptors (Lipinski definition) is 3. The van der Waals surface area contributed by atoms with Gasteiger partial charge in [-0.3, -0.25) is 9.20 Å². The Hall–Kier alpha value is -2.24. The molecular formula is C16H13Cl2N3O2. The van der Waals surface area contributed by atoms with Gasteiger partial charge in [0.25, 0.3) is 5.91 Å². The largest absolute Gasteiger partial charge is 0.495 e. The number of pyridine rings is 1. The third kappa shape index (κ3) is 2.98. The van der Waals surface area contributed by atoms with Gasteiger partial charge in [0, 0.05) is 11.9 Å². The van der Waals surface area contributed by atoms with Crippen LogP contribution in [-0.2, 0) is 0 Å². The lowest BCUT2D eigenvalue weighted by molar-refractivity contribution is 0.102. The Labute approximate surface area is 142 Å². The molecule has 0 aliphatic rings. The van der Waals surface area contributed by atoms with Gasteiger partial charge in [-0.2, -0.15) is 0 Å². The summed E-state index contributed by atoms with van der Waals surface area (Å²) in [7, 11) is 1.53. The predicted octanol–water partition coefficient (Wildman–Crippen LogP) is 4.21. The van der Waals surface area contributed by atoms with Crippen LogP contribution in [0.25, 0.3) is 5.65 Å². The quantitative estimate of drug-likeness (QED) is 0.770. The van der Waals surface area contributed by atoms with Crippen molar-refractivity contribution >= 4 is 40.4 Å². The summed E-state index contributed by atoms with van der Waals surface area (Å²) >= 11 is 12.1. The molecule has 0 aliphatic heterocycles. The van der Waals surface area contributed by atoms with Gasteiger partial charge < -0.3 is 10.1 Å². The van der Waals surface area contributed by atoms with Gasteiger partial charge in [0.1, 0.15) is 17.1 Å². The van der Waals surface area contributed by atoms with Crippen LogP contribution in [0.1, 0.15) is 16.2 Å². The molecule has 0 unspecified atom stereocenters. The highest BCUT2D eigenvalue weighted by atomic mass is 35.5. The number of rotatable bonds is 3. The van der Waals surface area contributed by atoms with Crippen molar-refractivity contribution in [2.24, 2.45) is 0 Å². The van der Waals surface area contributed by atoms with E-state index in [-0.39, 0.29) is 5.91 Å². The van der Waals surface area contributed by atoms with Gasteiger partial charge in [-0.15, -0.1) is 0 Å². The number of nitrogens with one attached hydrogen (secondary N) is 1. The van der Waals surface area contributed by atoms with E-state index in [1.54, 1.807) is 47.9 Å². The first-order chi connectivity index (χ1) is 11.0. The molecule has 0 aliphatic carbocycles. The molecule has 0 atom stereocenters. The number of imidazole rings is 1. The Morgan fingerprint density at radius 2 is 2.04 bits per heavy atom. The second-order valence-electron chi connectivity index (χ2n) is 4.92. The summed E-state index contributed by atoms with van der Waals surface area (Å²) in [5, 5.41) is 3.75. The molecule has 0 spiro atoms. The van der Waals surface area contributed by atoms with E-state index in [0.717, 1.165) is 0 Å². The molecule has 2 heterocycles. The molecular weight excluding hydrogens is 337 g/mol. The number of aromatic nitrogens is 2. The van der Waals surface area contributed by atoms with Crippen LogP contribution in [-0.4, -0.2) is 22.4 Å². The number of carbonyl (C=O) groups excluding carboxylic acids is 1. The predicted molar refractivity (Wildman–Crippen MR) is 90.9 cm³/mol. The number of aryl methyl sites for hydroxylation is 1. The first kappa shape index (κ1) is 15.6. The average Bonchev–Trinajstić information content (AvgIpc) is 2.82. The minimum atomic E-state index is -0.293. The van der Waals surface area contributed by atoms with E-state index in [0.29, 0.717) is 38.5 Å². The fourth-order valence-electron chi connectivity index (χ4n) is 2.34. The summed E-state index contributed by atoms with van der Waals surface area (Å²) in [5.41, 5.74) is 2.26. The minimum absolute atomic E-state index is 0.293. The lowest BCUT2D eigenvalue weighted by Gasteiger charge is -2.08. The average molecular weight is 350 g/mol. The van der Waals surface area contributed by atoms with Crippen molar-refractivity contribution in [1.29, 1.82) is 0 Å². The number of hydrogen-bond donors (Lipinski definition) is 1. The molecule has 1 N–H and O–H groups in total. The van der Waals surface area contributed by atoms with Gasteiger partial charge in [0.05, 0.1) is 22.8 Å². The zero-order valence-electron chi connectivity index (χ0n) is 12.4. The Morgan fingerprint density at radius 1 is 1.26 bits per heavy atom. The van der Waals surface area contributed by atoms with Gasteiger partial charge in [0.15, 0.2) is 0 Å². The van der Waals surface area contributed by atoms with Gasteiger partial charge >= 0.3 is 0 Å². The molecule has 0 saturated heterocycles. The highest BCUT2D eigenvalue weighted by Crippen LogP contribution is 2.27. The molecule has 118 valence electrons. The maximum absolute atomic E-state index is 12.6. The van der Waals surface area contributed by atoms with Gasteiger partial charge in [-0.1, -0.05) is 23.2 Å². The molecule has 23 heavy (non-hydrogen) atoms. The summed E-state index contributed by atoms with van der Waals surface area (Å²) in [6, 6.07) is 8.53. The van der Waals surface area contributed by atoms with Crippen LogP contribution in [0.2, 0.25) is 10.0 Å². The van der Waals surface area contributed by atoms with E-state index >= 15 is 0 Å². The molecule has 3 aromatic rings. The highest BCUT2D eigenvalue weighted by molar-refractivity contribution is 6.32. The van der Waals surface area contributed by atoms with Crippen LogP contribution < -0.4 is 10.1 Å². The van der Waals surface area contributed by atoms with Crippen molar-refractivity contribution in [1.82, 2.24) is 9.38 Å². The molecule has 0 radical (unpaired) electrons. The van der Waals surface area contributed by atoms with Crippen LogP contribution in [0.4, 0.5) is 5.69 Å². The zero-order valence-corrected chi connectivity index (χ0v) is 13.9. The van der Waals surface area contributed by atoms with Crippen molar-refractivity contribution in [3.8, 4) is 5.75 Å². The third-order valence-electron chi connectivity index (χ3n) is 3.38. The summed E-state index contributed by atoms with van der Waals surface area (Å²) in [5.74, 6) is 0.251. The van der Waals surface area contributed by atoms with E-state index in [9.17, 15) is 4.79 Å². The number of methoxy groups -OCH3 is 1. The van der Waals surface area contributed by atoms with Crippen LogP contribution in [0.15, 0.2) is 36.5 Å². The van der Waals surface area contributed by atoms with Crippen molar-refractivity contribution < 1.29 is 9.53 Å². The lowest BCUT2D eigenvalue weighted by Crippen LogP contribution is -2.15. The lowest BCUT2D eigenvalue weighted by atomic mass is 10.2. The molecule has 1 aromatic carbocycles. The Kier molecular flexibility index (Phi) is 4.15. The second kappa shape index (κ2) is 6.10. The Balaban J connectivity index is 1.96. The van der Waals surface area contributed by atoms with Crippen molar-refractivity contribution in [2.45, 2.75) is 6.92 Å². The van der Waals surface area contributed by atoms with E-state index in [1.807, 2.05) is 0 Å². The SMILES string of the molecule is COc1ccc(NC(=O)c2c(C)nc3ccc(Cl)cn23)cc1Cl. The molecule has 0 fully saturated rings. The topological polar surface area (TPSA) is 55.6 Å². The fraction of sp³-hybridized carbons (Fsp3) is 0.125. The molecule has 3 rings (SSSR count). The van der Waals surface area contributed by atoms with E-state index in [4.69, 9.17) is 27.9 Å². The van der Waals surface area contributed by atoms with E-state index in [2.05, 4.69) is 10.3 Å². The van der Waals surface area contributed by atoms with E-state index < -0.39 is 0 Å². The number of benzene rings is 1. The van der Waals surface area contributed by atoms with Crippen molar-refractivity contribution in [2.75, 3.05) is 12.4 Å². The molecule has 5 nitrogen and oxygen atoms in total. The minimum Gasteiger partial charge on any atom is -0.495 e. The molecule has 0 bridgehead atoms. The van der Waals surface area contributed by atoms with Crippen LogP contribution in [0.3, 0.4) is 0 Å². The maximum atomic E-state index is 12.6. The number of amides is 1. The number of fused-ring (bicyclic) bond motifs is 1. The summed E-state index contributed by atoms with van der Waals surface area (Å²) in [4.78, 5) is 17.0. The van der Waals surface area contributed by atoms with Crippen LogP contribution >= 0.6 is 23.2 Å². The first-order valence-electron chi connectivity index (χ1n) is 6.78. The van der Waals surface area contributed by atoms with E-state index in [1.165, 1.54) is 7.11 Å². The standard InChI is InChI=1S/C16H13Cl2N3O2/c1-9-15(21-8-10(17)3-6-14(21)19-9)16(22)20-11-4-5-13(23-2)12(18)7-11/h3-8H,1-2H3,(H,20,22). The van der Waals surface area contributed by atoms with Crippen LogP contribution in [0.5, 0.6) is 5.75 Å². The highest BCUT2D eigenvalue weighted by Gasteiger charge is 2.17. The first-order valence-corrected chi connectivity index (χ1v) is 7.54.